The molecule has 4 aromatic carbocycles. The Kier molecular flexibility index (Phi) is 24.3. The number of ether oxygens (including phenoxy) is 4. The van der Waals surface area contributed by atoms with Crippen LogP contribution in [-0.2, 0) is 0 Å². The van der Waals surface area contributed by atoms with E-state index in [1.807, 2.05) is 0 Å². The molecule has 388 valence electrons. The third-order valence-electron chi connectivity index (χ3n) is 12.1. The van der Waals surface area contributed by atoms with Gasteiger partial charge in [0.1, 0.15) is 11.5 Å². The minimum atomic E-state index is -0.490. The third-order valence-corrected chi connectivity index (χ3v) is 12.1. The molecule has 4 N–H and O–H groups in total. The summed E-state index contributed by atoms with van der Waals surface area (Å²) in [6.45, 7) is 14.5. The molecule has 0 saturated carbocycles. The fraction of sp³-hybridized carbons (Fsp3) is 0.467. The summed E-state index contributed by atoms with van der Waals surface area (Å²) in [5, 5.41) is 28.4. The third kappa shape index (κ3) is 18.6. The predicted octanol–water partition coefficient (Wildman–Crippen LogP) is 15.7. The second-order valence-electron chi connectivity index (χ2n) is 19.4. The molecule has 0 atom stereocenters. The van der Waals surface area contributed by atoms with Crippen LogP contribution in [0.3, 0.4) is 0 Å². The van der Waals surface area contributed by atoms with Crippen LogP contribution in [0.5, 0.6) is 34.5 Å². The van der Waals surface area contributed by atoms with E-state index >= 15 is 0 Å². The first kappa shape index (κ1) is 56.4. The van der Waals surface area contributed by atoms with Gasteiger partial charge in [-0.15, -0.1) is 0 Å². The number of ketones is 2. The van der Waals surface area contributed by atoms with Crippen LogP contribution in [0.1, 0.15) is 165 Å². The molecule has 1 aliphatic rings. The summed E-state index contributed by atoms with van der Waals surface area (Å²) in [5.74, 6) is 0.995. The van der Waals surface area contributed by atoms with Crippen LogP contribution in [0.15, 0.2) is 106 Å². The number of aliphatic imine (C=N–C) groups is 2. The van der Waals surface area contributed by atoms with Crippen molar-refractivity contribution in [2.45, 2.75) is 144 Å². The summed E-state index contributed by atoms with van der Waals surface area (Å²) < 4.78 is 25.6. The Bertz CT molecular complexity index is 2290. The van der Waals surface area contributed by atoms with Gasteiger partial charge in [0, 0.05) is 49.1 Å². The van der Waals surface area contributed by atoms with E-state index < -0.39 is 11.6 Å². The lowest BCUT2D eigenvalue weighted by molar-refractivity contribution is 0.103. The van der Waals surface area contributed by atoms with Crippen molar-refractivity contribution in [2.75, 3.05) is 37.1 Å². The van der Waals surface area contributed by atoms with E-state index in [0.717, 1.165) is 38.5 Å². The quantitative estimate of drug-likeness (QED) is 0.0292. The normalized spacial score (nSPS) is 13.9. The van der Waals surface area contributed by atoms with Gasteiger partial charge >= 0.3 is 0 Å². The molecule has 0 aliphatic carbocycles. The molecule has 0 bridgehead atoms. The van der Waals surface area contributed by atoms with E-state index in [4.69, 9.17) is 28.9 Å². The Morgan fingerprint density at radius 2 is 0.833 bits per heavy atom. The number of nitrogens with one attached hydrogen (secondary N) is 2. The largest absolute Gasteiger partial charge is 0.507 e. The van der Waals surface area contributed by atoms with Gasteiger partial charge < -0.3 is 39.8 Å². The Balaban J connectivity index is 1.62. The Hall–Kier alpha value is -6.56. The van der Waals surface area contributed by atoms with Crippen molar-refractivity contribution >= 4 is 46.7 Å². The number of carbonyl (C=O) groups excluding carboxylic acids is 2. The van der Waals surface area contributed by atoms with Gasteiger partial charge in [-0.2, -0.15) is 0 Å². The number of benzene rings is 4. The maximum absolute atomic E-state index is 14.4. The zero-order valence-corrected chi connectivity index (χ0v) is 43.8. The monoisotopic (exact) mass is 985 g/mol. The zero-order chi connectivity index (χ0) is 51.5. The van der Waals surface area contributed by atoms with E-state index in [1.165, 1.54) is 101 Å². The van der Waals surface area contributed by atoms with Crippen molar-refractivity contribution in [1.29, 1.82) is 0 Å². The van der Waals surface area contributed by atoms with Crippen LogP contribution in [0, 0.1) is 11.8 Å². The van der Waals surface area contributed by atoms with Gasteiger partial charge in [0.2, 0.25) is 0 Å². The number of fused-ring (bicyclic) bond motifs is 2. The fourth-order valence-electron chi connectivity index (χ4n) is 7.90. The van der Waals surface area contributed by atoms with E-state index in [9.17, 15) is 19.8 Å². The number of hydrogen-bond acceptors (Lipinski definition) is 12. The highest BCUT2D eigenvalue weighted by Crippen LogP contribution is 2.41. The number of anilines is 2. The standard InChI is InChI=1S/C60H80N4O8/c1-7-9-11-13-15-17-19-25-31-69-55-33-49-51(35-57(55)71-41-43(3)4)63-39-46(60(68)48-28-22-24-30-54(48)66)38-62-50-34-56(70-32-26-20-18-16-14-12-10-8-2)58(72-42-44(5)6)36-52(50)64-40-45(37-61-49)59(67)47-27-21-23-29-53(47)65/h21-24,27-30,33-40,43-44,61-62,65-66H,7-20,25-26,31-32,41-42H2,1-6H3/b45-37+,46-38+,63-39?,64-40?. The van der Waals surface area contributed by atoms with E-state index in [2.05, 4.69) is 52.2 Å². The maximum atomic E-state index is 14.4. The molecule has 1 heterocycles. The number of aromatic hydroxyl groups is 2. The number of phenolic OH excluding ortho intramolecular Hbond substituents is 2. The molecule has 0 saturated heterocycles. The predicted molar refractivity (Wildman–Crippen MR) is 294 cm³/mol. The first-order valence-electron chi connectivity index (χ1n) is 26.5. The van der Waals surface area contributed by atoms with Gasteiger partial charge in [-0.1, -0.05) is 156 Å². The smallest absolute Gasteiger partial charge is 0.199 e. The van der Waals surface area contributed by atoms with Gasteiger partial charge in [-0.3, -0.25) is 19.6 Å². The summed E-state index contributed by atoms with van der Waals surface area (Å²) >= 11 is 0. The number of rotatable bonds is 30. The summed E-state index contributed by atoms with van der Waals surface area (Å²) in [5.41, 5.74) is 2.01. The molecule has 5 rings (SSSR count). The van der Waals surface area contributed by atoms with Gasteiger partial charge in [0.15, 0.2) is 34.6 Å². The number of carbonyl (C=O) groups is 2. The summed E-state index contributed by atoms with van der Waals surface area (Å²) in [6.07, 6.45) is 24.4. The minimum absolute atomic E-state index is 0.0856. The zero-order valence-electron chi connectivity index (χ0n) is 43.8. The number of para-hydroxylation sites is 2. The molecular formula is C60H80N4O8. The van der Waals surface area contributed by atoms with Crippen LogP contribution >= 0.6 is 0 Å². The van der Waals surface area contributed by atoms with Gasteiger partial charge in [0.05, 0.1) is 71.5 Å². The van der Waals surface area contributed by atoms with Crippen LogP contribution in [0.4, 0.5) is 22.7 Å². The van der Waals surface area contributed by atoms with Gasteiger partial charge in [0.25, 0.3) is 0 Å². The average molecular weight is 985 g/mol. The number of Topliss-reactive ketones (excluding diaryl/α,β-unsaturated/α-hetero) is 2. The Morgan fingerprint density at radius 1 is 0.486 bits per heavy atom. The van der Waals surface area contributed by atoms with Crippen molar-refractivity contribution in [2.24, 2.45) is 21.8 Å². The van der Waals surface area contributed by atoms with Gasteiger partial charge in [-0.05, 0) is 48.9 Å². The van der Waals surface area contributed by atoms with Crippen molar-refractivity contribution < 1.29 is 38.7 Å². The lowest BCUT2D eigenvalue weighted by Gasteiger charge is -2.18. The molecule has 1 aliphatic heterocycles. The highest BCUT2D eigenvalue weighted by atomic mass is 16.5. The summed E-state index contributed by atoms with van der Waals surface area (Å²) in [6, 6.07) is 19.8. The fourth-order valence-corrected chi connectivity index (χ4v) is 7.90. The molecule has 0 spiro atoms. The van der Waals surface area contributed by atoms with Crippen molar-refractivity contribution in [3.05, 3.63) is 107 Å². The SMILES string of the molecule is CCCCCCCCCCOc1cc2c(cc1OCC(C)C)N=C/C(C(=O)c1ccccc1O)=C\Nc1cc(OCCCCCCCCCC)c(OCC(C)C)cc1N=C/C(C(=O)c1ccccc1O)=C\N2. The molecule has 0 unspecified atom stereocenters. The molecule has 0 aromatic heterocycles. The van der Waals surface area contributed by atoms with Crippen molar-refractivity contribution in [3.8, 4) is 34.5 Å². The number of phenols is 2. The number of unbranched alkanes of at least 4 members (excludes halogenated alkanes) is 14. The summed E-state index contributed by atoms with van der Waals surface area (Å²) in [4.78, 5) is 38.7. The first-order valence-corrected chi connectivity index (χ1v) is 26.5. The first-order chi connectivity index (χ1) is 35.0. The maximum Gasteiger partial charge on any atom is 0.199 e. The molecular weight excluding hydrogens is 905 g/mol. The Morgan fingerprint density at radius 3 is 1.19 bits per heavy atom. The molecule has 4 aromatic rings. The van der Waals surface area contributed by atoms with Crippen LogP contribution < -0.4 is 29.6 Å². The minimum Gasteiger partial charge on any atom is -0.507 e. The second kappa shape index (κ2) is 31.0. The number of allylic oxidation sites excluding steroid dienone is 2. The summed E-state index contributed by atoms with van der Waals surface area (Å²) in [7, 11) is 0. The average Bonchev–Trinajstić information content (AvgIpc) is 3.37. The second-order valence-corrected chi connectivity index (χ2v) is 19.4. The highest BCUT2D eigenvalue weighted by Gasteiger charge is 2.21. The van der Waals surface area contributed by atoms with E-state index in [0.29, 0.717) is 72.2 Å². The van der Waals surface area contributed by atoms with Crippen LogP contribution in [0.25, 0.3) is 0 Å². The molecule has 0 amide bonds. The van der Waals surface area contributed by atoms with Crippen molar-refractivity contribution in [3.63, 3.8) is 0 Å². The van der Waals surface area contributed by atoms with Crippen LogP contribution in [0.2, 0.25) is 0 Å². The number of nitrogens with zero attached hydrogens (tertiary/aromatic N) is 2. The van der Waals surface area contributed by atoms with Gasteiger partial charge in [-0.25, -0.2) is 0 Å². The van der Waals surface area contributed by atoms with Crippen LogP contribution in [-0.4, -0.2) is 60.6 Å². The molecule has 72 heavy (non-hydrogen) atoms. The Labute approximate surface area is 429 Å². The molecule has 0 radical (unpaired) electrons. The molecule has 12 nitrogen and oxygen atoms in total. The van der Waals surface area contributed by atoms with Crippen molar-refractivity contribution in [1.82, 2.24) is 0 Å². The van der Waals surface area contributed by atoms with E-state index in [1.54, 1.807) is 60.7 Å². The molecule has 0 fully saturated rings. The topological polar surface area (TPSA) is 160 Å². The lowest BCUT2D eigenvalue weighted by Crippen LogP contribution is -2.10. The highest BCUT2D eigenvalue weighted by molar-refractivity contribution is 6.23. The lowest BCUT2D eigenvalue weighted by atomic mass is 10.0. The van der Waals surface area contributed by atoms with E-state index in [-0.39, 0.29) is 45.6 Å². The molecule has 12 heteroatoms. The number of hydrogen-bond donors (Lipinski definition) is 4.